The van der Waals surface area contributed by atoms with Crippen molar-refractivity contribution in [1.29, 1.82) is 0 Å². The van der Waals surface area contributed by atoms with Crippen LogP contribution in [-0.4, -0.2) is 38.0 Å². The molecular weight excluding hydrogens is 458 g/mol. The maximum Gasteiger partial charge on any atom is 0.336 e. The summed E-state index contributed by atoms with van der Waals surface area (Å²) >= 11 is 0. The van der Waals surface area contributed by atoms with E-state index in [0.29, 0.717) is 34.7 Å². The van der Waals surface area contributed by atoms with Gasteiger partial charge < -0.3 is 19.5 Å². The largest absolute Gasteiger partial charge is 0.496 e. The second-order valence-electron chi connectivity index (χ2n) is 8.77. The fourth-order valence-electron chi connectivity index (χ4n) is 5.26. The van der Waals surface area contributed by atoms with Gasteiger partial charge in [0.1, 0.15) is 11.7 Å². The van der Waals surface area contributed by atoms with Crippen molar-refractivity contribution in [2.45, 2.75) is 39.0 Å². The van der Waals surface area contributed by atoms with Crippen LogP contribution in [0.1, 0.15) is 50.2 Å². The van der Waals surface area contributed by atoms with Crippen LogP contribution in [0, 0.1) is 5.92 Å². The first-order valence-corrected chi connectivity index (χ1v) is 12.2. The molecule has 4 rings (SSSR count). The van der Waals surface area contributed by atoms with E-state index in [1.807, 2.05) is 61.5 Å². The van der Waals surface area contributed by atoms with Gasteiger partial charge in [-0.2, -0.15) is 0 Å². The Hall–Kier alpha value is -3.87. The van der Waals surface area contributed by atoms with E-state index in [1.54, 1.807) is 21.0 Å². The molecule has 1 aliphatic carbocycles. The van der Waals surface area contributed by atoms with Gasteiger partial charge in [0.2, 0.25) is 0 Å². The average molecular weight is 490 g/mol. The molecule has 0 amide bonds. The SMILES string of the molecule is CCOC(=O)C1=C(C)NC2=C(C(=O)[C@H](C(=O)OCC)[C@@H](c3ccccc3OC)C2)[C@H]1c1ccccc1. The molecule has 36 heavy (non-hydrogen) atoms. The zero-order valence-corrected chi connectivity index (χ0v) is 21.0. The Kier molecular flexibility index (Phi) is 7.58. The molecular formula is C29H31NO6. The number of Topliss-reactive ketones (excluding diaryl/α,β-unsaturated/α-hetero) is 1. The molecule has 0 unspecified atom stereocenters. The zero-order valence-electron chi connectivity index (χ0n) is 21.0. The molecule has 0 spiro atoms. The molecule has 2 aromatic rings. The third kappa shape index (κ3) is 4.53. The number of ether oxygens (including phenoxy) is 3. The standard InChI is InChI=1S/C29H31NO6/c1-5-35-28(32)23-17(3)30-21-16-20(19-14-10-11-15-22(19)34-4)25(29(33)36-6-2)27(31)26(21)24(23)18-12-8-7-9-13-18/h7-15,20,24-25,30H,5-6,16H2,1-4H3/t20-,24+,25-/m1/s1. The van der Waals surface area contributed by atoms with Crippen LogP contribution >= 0.6 is 0 Å². The highest BCUT2D eigenvalue weighted by Crippen LogP contribution is 2.49. The number of esters is 2. The lowest BCUT2D eigenvalue weighted by atomic mass is 9.67. The Morgan fingerprint density at radius 3 is 2.31 bits per heavy atom. The summed E-state index contributed by atoms with van der Waals surface area (Å²) in [5.41, 5.74) is 3.63. The highest BCUT2D eigenvalue weighted by molar-refractivity contribution is 6.13. The summed E-state index contributed by atoms with van der Waals surface area (Å²) in [5.74, 6) is -3.06. The Morgan fingerprint density at radius 1 is 0.972 bits per heavy atom. The molecule has 0 fully saturated rings. The van der Waals surface area contributed by atoms with Gasteiger partial charge in [-0.1, -0.05) is 48.5 Å². The van der Waals surface area contributed by atoms with Gasteiger partial charge in [-0.15, -0.1) is 0 Å². The first-order chi connectivity index (χ1) is 17.4. The van der Waals surface area contributed by atoms with E-state index in [9.17, 15) is 14.4 Å². The van der Waals surface area contributed by atoms with Crippen molar-refractivity contribution in [2.24, 2.45) is 5.92 Å². The molecule has 2 aromatic carbocycles. The van der Waals surface area contributed by atoms with Crippen LogP contribution in [-0.2, 0) is 23.9 Å². The lowest BCUT2D eigenvalue weighted by molar-refractivity contribution is -0.152. The molecule has 0 radical (unpaired) electrons. The zero-order chi connectivity index (χ0) is 25.8. The minimum absolute atomic E-state index is 0.153. The number of nitrogens with one attached hydrogen (secondary N) is 1. The molecule has 7 heteroatoms. The second-order valence-corrected chi connectivity index (χ2v) is 8.77. The molecule has 1 aliphatic heterocycles. The lowest BCUT2D eigenvalue weighted by Gasteiger charge is -2.39. The van der Waals surface area contributed by atoms with Crippen LogP contribution in [0.25, 0.3) is 0 Å². The van der Waals surface area contributed by atoms with Gasteiger partial charge in [0, 0.05) is 28.8 Å². The molecule has 3 atom stereocenters. The maximum absolute atomic E-state index is 14.3. The van der Waals surface area contributed by atoms with Crippen molar-refractivity contribution in [1.82, 2.24) is 5.32 Å². The van der Waals surface area contributed by atoms with E-state index in [0.717, 1.165) is 11.1 Å². The monoisotopic (exact) mass is 489 g/mol. The highest BCUT2D eigenvalue weighted by atomic mass is 16.5. The highest BCUT2D eigenvalue weighted by Gasteiger charge is 2.49. The van der Waals surface area contributed by atoms with Crippen LogP contribution in [0.3, 0.4) is 0 Å². The molecule has 0 saturated carbocycles. The van der Waals surface area contributed by atoms with Crippen molar-refractivity contribution < 1.29 is 28.6 Å². The number of hydrogen-bond acceptors (Lipinski definition) is 7. The van der Waals surface area contributed by atoms with E-state index in [4.69, 9.17) is 14.2 Å². The summed E-state index contributed by atoms with van der Waals surface area (Å²) in [6, 6.07) is 16.8. The third-order valence-electron chi connectivity index (χ3n) is 6.73. The van der Waals surface area contributed by atoms with Crippen LogP contribution in [0.5, 0.6) is 5.75 Å². The van der Waals surface area contributed by atoms with Crippen LogP contribution in [0.4, 0.5) is 0 Å². The second kappa shape index (κ2) is 10.8. The van der Waals surface area contributed by atoms with E-state index in [1.165, 1.54) is 0 Å². The fourth-order valence-corrected chi connectivity index (χ4v) is 5.26. The van der Waals surface area contributed by atoms with Gasteiger partial charge in [0.15, 0.2) is 5.78 Å². The fraction of sp³-hybridized carbons (Fsp3) is 0.345. The van der Waals surface area contributed by atoms with Gasteiger partial charge >= 0.3 is 11.9 Å². The number of carbonyl (C=O) groups excluding carboxylic acids is 3. The molecule has 188 valence electrons. The summed E-state index contributed by atoms with van der Waals surface area (Å²) in [6.45, 7) is 5.63. The van der Waals surface area contributed by atoms with E-state index >= 15 is 0 Å². The van der Waals surface area contributed by atoms with Crippen LogP contribution < -0.4 is 10.1 Å². The van der Waals surface area contributed by atoms with Gasteiger partial charge in [0.05, 0.1) is 25.9 Å². The Bertz CT molecular complexity index is 1230. The smallest absolute Gasteiger partial charge is 0.336 e. The summed E-state index contributed by atoms with van der Waals surface area (Å²) in [4.78, 5) is 40.6. The molecule has 0 bridgehead atoms. The summed E-state index contributed by atoms with van der Waals surface area (Å²) in [6.07, 6.45) is 0.377. The van der Waals surface area contributed by atoms with Gasteiger partial charge in [0.25, 0.3) is 0 Å². The number of hydrogen-bond donors (Lipinski definition) is 1. The topological polar surface area (TPSA) is 90.9 Å². The quantitative estimate of drug-likeness (QED) is 0.455. The number of benzene rings is 2. The summed E-state index contributed by atoms with van der Waals surface area (Å²) < 4.78 is 16.3. The molecule has 1 heterocycles. The number of rotatable bonds is 7. The van der Waals surface area contributed by atoms with Gasteiger partial charge in [-0.25, -0.2) is 4.79 Å². The van der Waals surface area contributed by atoms with E-state index in [-0.39, 0.29) is 19.0 Å². The number of carbonyl (C=O) groups is 3. The van der Waals surface area contributed by atoms with Crippen LogP contribution in [0.2, 0.25) is 0 Å². The van der Waals surface area contributed by atoms with Crippen LogP contribution in [0.15, 0.2) is 77.1 Å². The molecule has 7 nitrogen and oxygen atoms in total. The normalized spacial score (nSPS) is 21.4. The van der Waals surface area contributed by atoms with Crippen molar-refractivity contribution in [2.75, 3.05) is 20.3 Å². The molecule has 2 aliphatic rings. The molecule has 1 N–H and O–H groups in total. The summed E-state index contributed by atoms with van der Waals surface area (Å²) in [5, 5.41) is 3.31. The van der Waals surface area contributed by atoms with Crippen molar-refractivity contribution in [3.63, 3.8) is 0 Å². The number of para-hydroxylation sites is 1. The Morgan fingerprint density at radius 2 is 1.64 bits per heavy atom. The van der Waals surface area contributed by atoms with Gasteiger partial charge in [-0.3, -0.25) is 9.59 Å². The third-order valence-corrected chi connectivity index (χ3v) is 6.73. The predicted octanol–water partition coefficient (Wildman–Crippen LogP) is 4.41. The first-order valence-electron chi connectivity index (χ1n) is 12.2. The van der Waals surface area contributed by atoms with Crippen molar-refractivity contribution in [3.05, 3.63) is 88.3 Å². The Balaban J connectivity index is 1.91. The van der Waals surface area contributed by atoms with E-state index < -0.39 is 29.7 Å². The minimum atomic E-state index is -1.07. The van der Waals surface area contributed by atoms with E-state index in [2.05, 4.69) is 5.32 Å². The Labute approximate surface area is 211 Å². The predicted molar refractivity (Wildman–Crippen MR) is 134 cm³/mol. The van der Waals surface area contributed by atoms with Gasteiger partial charge in [-0.05, 0) is 44.4 Å². The van der Waals surface area contributed by atoms with Crippen molar-refractivity contribution >= 4 is 17.7 Å². The maximum atomic E-state index is 14.3. The number of ketones is 1. The molecule has 0 aromatic heterocycles. The minimum Gasteiger partial charge on any atom is -0.496 e. The number of dihydropyridines is 1. The number of methoxy groups -OCH3 is 1. The lowest BCUT2D eigenvalue weighted by Crippen LogP contribution is -2.43. The average Bonchev–Trinajstić information content (AvgIpc) is 2.88. The summed E-state index contributed by atoms with van der Waals surface area (Å²) in [7, 11) is 1.57. The first kappa shape index (κ1) is 25.2. The number of allylic oxidation sites excluding steroid dienone is 3. The van der Waals surface area contributed by atoms with Crippen molar-refractivity contribution in [3.8, 4) is 5.75 Å². The molecule has 0 saturated heterocycles.